The molecular weight excluding hydrogens is 212 g/mol. The SMILES string of the molecule is CCN(CC(N)=S)C(=O)C1CCCCO1. The lowest BCUT2D eigenvalue weighted by Gasteiger charge is -2.28. The van der Waals surface area contributed by atoms with Crippen molar-refractivity contribution in [2.24, 2.45) is 5.73 Å². The van der Waals surface area contributed by atoms with Crippen LogP contribution in [0.3, 0.4) is 0 Å². The van der Waals surface area contributed by atoms with Crippen LogP contribution in [0.2, 0.25) is 0 Å². The van der Waals surface area contributed by atoms with Crippen LogP contribution in [0.4, 0.5) is 0 Å². The zero-order valence-corrected chi connectivity index (χ0v) is 9.89. The highest BCUT2D eigenvalue weighted by Crippen LogP contribution is 2.14. The van der Waals surface area contributed by atoms with Crippen molar-refractivity contribution in [3.63, 3.8) is 0 Å². The van der Waals surface area contributed by atoms with Crippen molar-refractivity contribution in [2.75, 3.05) is 19.7 Å². The lowest BCUT2D eigenvalue weighted by atomic mass is 10.1. The molecule has 1 unspecified atom stereocenters. The molecule has 1 heterocycles. The number of nitrogens with zero attached hydrogens (tertiary/aromatic N) is 1. The Bertz CT molecular complexity index is 240. The quantitative estimate of drug-likeness (QED) is 0.722. The molecule has 0 aromatic heterocycles. The number of thiocarbonyl (C=S) groups is 1. The second-order valence-corrected chi connectivity index (χ2v) is 4.20. The van der Waals surface area contributed by atoms with Crippen LogP contribution in [-0.4, -0.2) is 41.6 Å². The largest absolute Gasteiger partial charge is 0.392 e. The van der Waals surface area contributed by atoms with Crippen molar-refractivity contribution in [1.82, 2.24) is 4.90 Å². The van der Waals surface area contributed by atoms with Gasteiger partial charge in [-0.15, -0.1) is 0 Å². The van der Waals surface area contributed by atoms with E-state index in [-0.39, 0.29) is 12.0 Å². The van der Waals surface area contributed by atoms with Crippen molar-refractivity contribution in [1.29, 1.82) is 0 Å². The number of carbonyl (C=O) groups excluding carboxylic acids is 1. The summed E-state index contributed by atoms with van der Waals surface area (Å²) in [5.74, 6) is 0.0185. The predicted molar refractivity (Wildman–Crippen MR) is 62.6 cm³/mol. The number of carbonyl (C=O) groups is 1. The summed E-state index contributed by atoms with van der Waals surface area (Å²) in [6.45, 7) is 3.57. The van der Waals surface area contributed by atoms with Crippen molar-refractivity contribution in [3.05, 3.63) is 0 Å². The molecule has 0 aromatic rings. The summed E-state index contributed by atoms with van der Waals surface area (Å²) < 4.78 is 5.43. The summed E-state index contributed by atoms with van der Waals surface area (Å²) in [6.07, 6.45) is 2.63. The Morgan fingerprint density at radius 1 is 1.60 bits per heavy atom. The molecule has 1 atom stereocenters. The Balaban J connectivity index is 2.50. The second-order valence-electron chi connectivity index (χ2n) is 3.67. The third-order valence-electron chi connectivity index (χ3n) is 2.50. The summed E-state index contributed by atoms with van der Waals surface area (Å²) in [7, 11) is 0. The van der Waals surface area contributed by atoms with Crippen molar-refractivity contribution in [2.45, 2.75) is 32.3 Å². The molecule has 0 aliphatic carbocycles. The summed E-state index contributed by atoms with van der Waals surface area (Å²) in [5.41, 5.74) is 5.43. The number of ether oxygens (including phenoxy) is 1. The monoisotopic (exact) mass is 230 g/mol. The van der Waals surface area contributed by atoms with Gasteiger partial charge in [-0.2, -0.15) is 0 Å². The van der Waals surface area contributed by atoms with Crippen LogP contribution in [0.5, 0.6) is 0 Å². The van der Waals surface area contributed by atoms with Crippen molar-refractivity contribution >= 4 is 23.1 Å². The van der Waals surface area contributed by atoms with Gasteiger partial charge in [0.1, 0.15) is 6.10 Å². The lowest BCUT2D eigenvalue weighted by Crippen LogP contribution is -2.45. The summed E-state index contributed by atoms with van der Waals surface area (Å²) >= 11 is 4.80. The van der Waals surface area contributed by atoms with Crippen molar-refractivity contribution in [3.8, 4) is 0 Å². The fourth-order valence-electron chi connectivity index (χ4n) is 1.67. The van der Waals surface area contributed by atoms with Crippen LogP contribution in [0.25, 0.3) is 0 Å². The highest BCUT2D eigenvalue weighted by atomic mass is 32.1. The van der Waals surface area contributed by atoms with Gasteiger partial charge in [0.2, 0.25) is 0 Å². The molecule has 1 aliphatic rings. The predicted octanol–water partition coefficient (Wildman–Crippen LogP) is 0.690. The first kappa shape index (κ1) is 12.4. The lowest BCUT2D eigenvalue weighted by molar-refractivity contribution is -0.145. The Kier molecular flexibility index (Phi) is 4.98. The van der Waals surface area contributed by atoms with E-state index in [1.165, 1.54) is 0 Å². The van der Waals surface area contributed by atoms with Gasteiger partial charge in [0.25, 0.3) is 5.91 Å². The number of hydrogen-bond donors (Lipinski definition) is 1. The molecule has 4 nitrogen and oxygen atoms in total. The molecule has 1 fully saturated rings. The smallest absolute Gasteiger partial charge is 0.252 e. The highest BCUT2D eigenvalue weighted by molar-refractivity contribution is 7.80. The second kappa shape index (κ2) is 6.02. The fraction of sp³-hybridized carbons (Fsp3) is 0.800. The van der Waals surface area contributed by atoms with Crippen LogP contribution in [0, 0.1) is 0 Å². The Labute approximate surface area is 95.8 Å². The van der Waals surface area contributed by atoms with E-state index in [0.717, 1.165) is 19.3 Å². The normalized spacial score (nSPS) is 21.0. The van der Waals surface area contributed by atoms with Crippen molar-refractivity contribution < 1.29 is 9.53 Å². The van der Waals surface area contributed by atoms with Gasteiger partial charge < -0.3 is 15.4 Å². The molecule has 1 rings (SSSR count). The molecular formula is C10H18N2O2S. The molecule has 0 radical (unpaired) electrons. The Morgan fingerprint density at radius 2 is 2.33 bits per heavy atom. The van der Waals surface area contributed by atoms with E-state index in [1.807, 2.05) is 6.92 Å². The van der Waals surface area contributed by atoms with E-state index in [2.05, 4.69) is 0 Å². The van der Waals surface area contributed by atoms with Crippen LogP contribution >= 0.6 is 12.2 Å². The molecule has 0 saturated carbocycles. The first-order chi connectivity index (χ1) is 7.15. The standard InChI is InChI=1S/C10H18N2O2S/c1-2-12(7-9(11)15)10(13)8-5-3-4-6-14-8/h8H,2-7H2,1H3,(H2,11,15). The summed E-state index contributed by atoms with van der Waals surface area (Å²) in [5, 5.41) is 0. The van der Waals surface area contributed by atoms with E-state index in [1.54, 1.807) is 4.90 Å². The summed E-state index contributed by atoms with van der Waals surface area (Å²) in [4.78, 5) is 13.9. The van der Waals surface area contributed by atoms with Gasteiger partial charge in [-0.3, -0.25) is 4.79 Å². The van der Waals surface area contributed by atoms with Gasteiger partial charge in [-0.25, -0.2) is 0 Å². The Hall–Kier alpha value is -0.680. The van der Waals surface area contributed by atoms with Gasteiger partial charge in [0.15, 0.2) is 0 Å². The highest BCUT2D eigenvalue weighted by Gasteiger charge is 2.26. The van der Waals surface area contributed by atoms with Gasteiger partial charge in [0.05, 0.1) is 11.5 Å². The van der Waals surface area contributed by atoms with Crippen LogP contribution in [0.1, 0.15) is 26.2 Å². The average Bonchev–Trinajstić information content (AvgIpc) is 2.26. The molecule has 5 heteroatoms. The number of nitrogens with two attached hydrogens (primary N) is 1. The minimum absolute atomic E-state index is 0.0185. The van der Waals surface area contributed by atoms with E-state index < -0.39 is 0 Å². The van der Waals surface area contributed by atoms with Gasteiger partial charge >= 0.3 is 0 Å². The molecule has 86 valence electrons. The minimum Gasteiger partial charge on any atom is -0.392 e. The maximum absolute atomic E-state index is 12.0. The molecule has 2 N–H and O–H groups in total. The first-order valence-electron chi connectivity index (χ1n) is 5.33. The number of amides is 1. The summed E-state index contributed by atoms with van der Waals surface area (Å²) in [6, 6.07) is 0. The molecule has 0 aromatic carbocycles. The minimum atomic E-state index is -0.284. The van der Waals surface area contributed by atoms with E-state index >= 15 is 0 Å². The maximum Gasteiger partial charge on any atom is 0.252 e. The number of likely N-dealkylation sites (N-methyl/N-ethyl adjacent to an activating group) is 1. The van der Waals surface area contributed by atoms with E-state index in [9.17, 15) is 4.79 Å². The first-order valence-corrected chi connectivity index (χ1v) is 5.74. The number of rotatable bonds is 4. The van der Waals surface area contributed by atoms with Crippen LogP contribution < -0.4 is 5.73 Å². The van der Waals surface area contributed by atoms with E-state index in [0.29, 0.717) is 24.7 Å². The van der Waals surface area contributed by atoms with Crippen LogP contribution in [-0.2, 0) is 9.53 Å². The Morgan fingerprint density at radius 3 is 2.80 bits per heavy atom. The van der Waals surface area contributed by atoms with Gasteiger partial charge in [-0.05, 0) is 26.2 Å². The number of hydrogen-bond acceptors (Lipinski definition) is 3. The molecule has 1 amide bonds. The fourth-order valence-corrected chi connectivity index (χ4v) is 1.83. The van der Waals surface area contributed by atoms with E-state index in [4.69, 9.17) is 22.7 Å². The average molecular weight is 230 g/mol. The third-order valence-corrected chi connectivity index (χ3v) is 2.62. The molecule has 15 heavy (non-hydrogen) atoms. The van der Waals surface area contributed by atoms with Gasteiger partial charge in [-0.1, -0.05) is 12.2 Å². The molecule has 0 spiro atoms. The molecule has 1 aliphatic heterocycles. The zero-order valence-electron chi connectivity index (χ0n) is 9.07. The zero-order chi connectivity index (χ0) is 11.3. The topological polar surface area (TPSA) is 55.6 Å². The van der Waals surface area contributed by atoms with Crippen LogP contribution in [0.15, 0.2) is 0 Å². The third kappa shape index (κ3) is 3.76. The van der Waals surface area contributed by atoms with Gasteiger partial charge in [0, 0.05) is 13.2 Å². The molecule has 0 bridgehead atoms. The molecule has 1 saturated heterocycles. The maximum atomic E-state index is 12.0.